The Balaban J connectivity index is 1.89. The number of amides is 1. The van der Waals surface area contributed by atoms with Crippen LogP contribution in [0.15, 0.2) is 35.7 Å². The number of oxime groups is 1. The topological polar surface area (TPSA) is 139 Å². The molecule has 1 aromatic heterocycles. The largest absolute Gasteiger partial charge is 0.483 e. The molecule has 2 aromatic rings. The van der Waals surface area contributed by atoms with E-state index in [0.717, 1.165) is 0 Å². The summed E-state index contributed by atoms with van der Waals surface area (Å²) < 4.78 is 5.36. The van der Waals surface area contributed by atoms with Crippen molar-refractivity contribution in [2.24, 2.45) is 10.9 Å². The van der Waals surface area contributed by atoms with Gasteiger partial charge in [0, 0.05) is 0 Å². The molecule has 1 aromatic carbocycles. The van der Waals surface area contributed by atoms with E-state index in [-0.39, 0.29) is 24.9 Å². The van der Waals surface area contributed by atoms with Crippen molar-refractivity contribution in [2.75, 3.05) is 6.61 Å². The first-order valence-corrected chi connectivity index (χ1v) is 6.01. The summed E-state index contributed by atoms with van der Waals surface area (Å²) >= 11 is 0. The average molecular weight is 290 g/mol. The average Bonchev–Trinajstić information content (AvgIpc) is 3.04. The lowest BCUT2D eigenvalue weighted by Gasteiger charge is -2.10. The van der Waals surface area contributed by atoms with Gasteiger partial charge in [-0.3, -0.25) is 9.89 Å². The highest BCUT2D eigenvalue weighted by atomic mass is 16.5. The fourth-order valence-electron chi connectivity index (χ4n) is 1.55. The second kappa shape index (κ2) is 6.89. The summed E-state index contributed by atoms with van der Waals surface area (Å²) in [6, 6.07) is 6.67. The molecule has 9 heteroatoms. The molecule has 0 radical (unpaired) electrons. The number of nitrogens with one attached hydrogen (secondary N) is 2. The maximum atomic E-state index is 11.7. The van der Waals surface area contributed by atoms with Crippen LogP contribution in [0.25, 0.3) is 0 Å². The maximum Gasteiger partial charge on any atom is 0.258 e. The first kappa shape index (κ1) is 14.3. The number of benzene rings is 1. The van der Waals surface area contributed by atoms with Crippen molar-refractivity contribution in [3.8, 4) is 5.75 Å². The Bertz CT molecular complexity index is 626. The summed E-state index contributed by atoms with van der Waals surface area (Å²) in [7, 11) is 0. The molecule has 5 N–H and O–H groups in total. The number of nitrogens with two attached hydrogens (primary N) is 1. The second-order valence-electron chi connectivity index (χ2n) is 3.98. The number of amidine groups is 1. The Labute approximate surface area is 119 Å². The number of aromatic nitrogens is 3. The molecule has 0 atom stereocenters. The highest BCUT2D eigenvalue weighted by Gasteiger charge is 2.09. The molecule has 9 nitrogen and oxygen atoms in total. The van der Waals surface area contributed by atoms with E-state index in [1.165, 1.54) is 6.33 Å². The first-order chi connectivity index (χ1) is 10.2. The Morgan fingerprint density at radius 3 is 3.00 bits per heavy atom. The van der Waals surface area contributed by atoms with Crippen molar-refractivity contribution in [3.63, 3.8) is 0 Å². The van der Waals surface area contributed by atoms with E-state index in [9.17, 15) is 4.79 Å². The number of H-pyrrole nitrogens is 1. The van der Waals surface area contributed by atoms with Gasteiger partial charge in [0.1, 0.15) is 17.9 Å². The van der Waals surface area contributed by atoms with Gasteiger partial charge in [0.15, 0.2) is 12.4 Å². The van der Waals surface area contributed by atoms with Crippen molar-refractivity contribution in [2.45, 2.75) is 6.54 Å². The molecule has 1 heterocycles. The molecule has 0 fully saturated rings. The van der Waals surface area contributed by atoms with E-state index in [1.54, 1.807) is 24.3 Å². The van der Waals surface area contributed by atoms with E-state index >= 15 is 0 Å². The number of carbonyl (C=O) groups is 1. The lowest BCUT2D eigenvalue weighted by atomic mass is 10.2. The van der Waals surface area contributed by atoms with Gasteiger partial charge in [-0.15, -0.1) is 0 Å². The standard InChI is InChI=1S/C12H14N6O3/c13-12(18-20)8-3-1-2-4-9(8)21-6-11(19)14-5-10-15-7-16-17-10/h1-4,7,20H,5-6H2,(H2,13,18)(H,14,19)(H,15,16,17). The SMILES string of the molecule is NC(=NO)c1ccccc1OCC(=O)NCc1ncn[nH]1. The van der Waals surface area contributed by atoms with Crippen molar-refractivity contribution in [3.05, 3.63) is 42.0 Å². The molecule has 0 bridgehead atoms. The molecular formula is C12H14N6O3. The lowest BCUT2D eigenvalue weighted by molar-refractivity contribution is -0.123. The fourth-order valence-corrected chi connectivity index (χ4v) is 1.55. The highest BCUT2D eigenvalue weighted by molar-refractivity contribution is 5.99. The number of hydrogen-bond donors (Lipinski definition) is 4. The van der Waals surface area contributed by atoms with Gasteiger partial charge in [-0.05, 0) is 12.1 Å². The van der Waals surface area contributed by atoms with Gasteiger partial charge in [0.05, 0.1) is 12.1 Å². The van der Waals surface area contributed by atoms with Crippen LogP contribution >= 0.6 is 0 Å². The normalized spacial score (nSPS) is 11.1. The highest BCUT2D eigenvalue weighted by Crippen LogP contribution is 2.17. The van der Waals surface area contributed by atoms with Crippen molar-refractivity contribution < 1.29 is 14.7 Å². The summed E-state index contributed by atoms with van der Waals surface area (Å²) in [5.41, 5.74) is 5.93. The predicted molar refractivity (Wildman–Crippen MR) is 72.7 cm³/mol. The first-order valence-electron chi connectivity index (χ1n) is 6.01. The van der Waals surface area contributed by atoms with Gasteiger partial charge in [0.2, 0.25) is 0 Å². The van der Waals surface area contributed by atoms with E-state index in [2.05, 4.69) is 25.7 Å². The molecule has 0 aliphatic rings. The van der Waals surface area contributed by atoms with Crippen LogP contribution in [0.2, 0.25) is 0 Å². The Morgan fingerprint density at radius 1 is 1.48 bits per heavy atom. The summed E-state index contributed by atoms with van der Waals surface area (Å²) in [4.78, 5) is 15.5. The monoisotopic (exact) mass is 290 g/mol. The molecule has 1 amide bonds. The number of ether oxygens (including phenoxy) is 1. The quantitative estimate of drug-likeness (QED) is 0.247. The molecule has 0 saturated heterocycles. The van der Waals surface area contributed by atoms with Gasteiger partial charge >= 0.3 is 0 Å². The number of nitrogens with zero attached hydrogens (tertiary/aromatic N) is 3. The molecule has 0 aliphatic carbocycles. The van der Waals surface area contributed by atoms with Crippen molar-refractivity contribution in [1.82, 2.24) is 20.5 Å². The zero-order chi connectivity index (χ0) is 15.1. The van der Waals surface area contributed by atoms with Crippen LogP contribution in [0, 0.1) is 0 Å². The number of carbonyl (C=O) groups excluding carboxylic acids is 1. The molecule has 2 rings (SSSR count). The van der Waals surface area contributed by atoms with Crippen molar-refractivity contribution in [1.29, 1.82) is 0 Å². The minimum atomic E-state index is -0.333. The summed E-state index contributed by atoms with van der Waals surface area (Å²) in [5.74, 6) is 0.469. The minimum absolute atomic E-state index is 0.0901. The minimum Gasteiger partial charge on any atom is -0.483 e. The third-order valence-corrected chi connectivity index (χ3v) is 2.55. The van der Waals surface area contributed by atoms with Gasteiger partial charge in [0.25, 0.3) is 5.91 Å². The number of para-hydroxylation sites is 1. The lowest BCUT2D eigenvalue weighted by Crippen LogP contribution is -2.29. The fraction of sp³-hybridized carbons (Fsp3) is 0.167. The van der Waals surface area contributed by atoms with Gasteiger partial charge < -0.3 is 21.0 Å². The number of rotatable bonds is 6. The zero-order valence-electron chi connectivity index (χ0n) is 11.0. The van der Waals surface area contributed by atoms with E-state index in [0.29, 0.717) is 17.1 Å². The van der Waals surface area contributed by atoms with Crippen LogP contribution in [0.5, 0.6) is 5.75 Å². The molecule has 0 aliphatic heterocycles. The second-order valence-corrected chi connectivity index (χ2v) is 3.98. The number of hydrogen-bond acceptors (Lipinski definition) is 6. The van der Waals surface area contributed by atoms with Gasteiger partial charge in [-0.2, -0.15) is 5.10 Å². The van der Waals surface area contributed by atoms with Gasteiger partial charge in [-0.25, -0.2) is 4.98 Å². The summed E-state index contributed by atoms with van der Waals surface area (Å²) in [6.07, 6.45) is 1.35. The van der Waals surface area contributed by atoms with E-state index in [1.807, 2.05) is 0 Å². The molecular weight excluding hydrogens is 276 g/mol. The van der Waals surface area contributed by atoms with Crippen LogP contribution in [0.1, 0.15) is 11.4 Å². The molecule has 0 unspecified atom stereocenters. The van der Waals surface area contributed by atoms with Gasteiger partial charge in [-0.1, -0.05) is 17.3 Å². The third kappa shape index (κ3) is 3.93. The smallest absolute Gasteiger partial charge is 0.258 e. The summed E-state index contributed by atoms with van der Waals surface area (Å²) in [6.45, 7) is 0.0218. The van der Waals surface area contributed by atoms with Crippen LogP contribution < -0.4 is 15.8 Å². The van der Waals surface area contributed by atoms with Crippen molar-refractivity contribution >= 4 is 11.7 Å². The molecule has 0 saturated carbocycles. The molecule has 21 heavy (non-hydrogen) atoms. The van der Waals surface area contributed by atoms with Crippen LogP contribution in [0.3, 0.4) is 0 Å². The van der Waals surface area contributed by atoms with Crippen LogP contribution in [-0.4, -0.2) is 38.7 Å². The Kier molecular flexibility index (Phi) is 4.70. The van der Waals surface area contributed by atoms with E-state index in [4.69, 9.17) is 15.7 Å². The predicted octanol–water partition coefficient (Wildman–Crippen LogP) is -0.406. The summed E-state index contributed by atoms with van der Waals surface area (Å²) in [5, 5.41) is 20.5. The Morgan fingerprint density at radius 2 is 2.29 bits per heavy atom. The number of aromatic amines is 1. The zero-order valence-corrected chi connectivity index (χ0v) is 11.0. The molecule has 110 valence electrons. The molecule has 0 spiro atoms. The van der Waals surface area contributed by atoms with Crippen LogP contribution in [0.4, 0.5) is 0 Å². The maximum absolute atomic E-state index is 11.7. The van der Waals surface area contributed by atoms with E-state index < -0.39 is 0 Å². The third-order valence-electron chi connectivity index (χ3n) is 2.55. The Hall–Kier alpha value is -3.10. The van der Waals surface area contributed by atoms with Crippen LogP contribution in [-0.2, 0) is 11.3 Å².